The second-order valence-corrected chi connectivity index (χ2v) is 6.00. The number of carbonyl (C=O) groups is 1. The molecule has 0 aliphatic rings. The van der Waals surface area contributed by atoms with Gasteiger partial charge in [-0.3, -0.25) is 4.79 Å². The zero-order valence-electron chi connectivity index (χ0n) is 11.2. The summed E-state index contributed by atoms with van der Waals surface area (Å²) >= 11 is 7.33. The summed E-state index contributed by atoms with van der Waals surface area (Å²) in [5.41, 5.74) is 1.60. The maximum Gasteiger partial charge on any atom is 0.226 e. The highest BCUT2D eigenvalue weighted by atomic mass is 35.5. The minimum Gasteiger partial charge on any atom is -0.449 e. The van der Waals surface area contributed by atoms with E-state index in [2.05, 4.69) is 15.3 Å². The van der Waals surface area contributed by atoms with E-state index >= 15 is 0 Å². The molecule has 0 bridgehead atoms. The molecule has 3 rings (SSSR count). The van der Waals surface area contributed by atoms with Crippen molar-refractivity contribution in [1.82, 2.24) is 9.97 Å². The number of thiazole rings is 1. The zero-order chi connectivity index (χ0) is 14.8. The number of oxazole rings is 1. The van der Waals surface area contributed by atoms with Crippen molar-refractivity contribution in [3.8, 4) is 0 Å². The van der Waals surface area contributed by atoms with Gasteiger partial charge in [0.2, 0.25) is 5.91 Å². The molecule has 21 heavy (non-hydrogen) atoms. The van der Waals surface area contributed by atoms with E-state index in [1.54, 1.807) is 19.3 Å². The van der Waals surface area contributed by atoms with E-state index in [4.69, 9.17) is 16.0 Å². The summed E-state index contributed by atoms with van der Waals surface area (Å²) in [5.74, 6) is 0.509. The Morgan fingerprint density at radius 2 is 2.29 bits per heavy atom. The smallest absolute Gasteiger partial charge is 0.226 e. The van der Waals surface area contributed by atoms with Crippen molar-refractivity contribution in [3.63, 3.8) is 0 Å². The lowest BCUT2D eigenvalue weighted by Gasteiger charge is -1.99. The number of aromatic nitrogens is 2. The van der Waals surface area contributed by atoms with Gasteiger partial charge >= 0.3 is 0 Å². The Hall–Kier alpha value is -1.92. The van der Waals surface area contributed by atoms with E-state index in [9.17, 15) is 4.79 Å². The number of rotatable bonds is 4. The fourth-order valence-electron chi connectivity index (χ4n) is 1.90. The third kappa shape index (κ3) is 3.40. The molecule has 7 heteroatoms. The molecule has 1 aromatic carbocycles. The first kappa shape index (κ1) is 14.0. The van der Waals surface area contributed by atoms with Crippen molar-refractivity contribution in [2.45, 2.75) is 19.8 Å². The van der Waals surface area contributed by atoms with Crippen LogP contribution in [0.1, 0.15) is 18.0 Å². The molecular weight excluding hydrogens is 310 g/mol. The van der Waals surface area contributed by atoms with Gasteiger partial charge in [0.25, 0.3) is 0 Å². The second kappa shape index (κ2) is 5.83. The first-order valence-electron chi connectivity index (χ1n) is 6.37. The maximum absolute atomic E-state index is 11.9. The van der Waals surface area contributed by atoms with Crippen LogP contribution in [0.25, 0.3) is 10.2 Å². The minimum atomic E-state index is -0.0965. The van der Waals surface area contributed by atoms with Crippen LogP contribution in [0.4, 0.5) is 5.13 Å². The molecule has 108 valence electrons. The van der Waals surface area contributed by atoms with Gasteiger partial charge in [0.1, 0.15) is 6.26 Å². The minimum absolute atomic E-state index is 0.0965. The first-order chi connectivity index (χ1) is 10.1. The summed E-state index contributed by atoms with van der Waals surface area (Å²) in [6.45, 7) is 1.77. The van der Waals surface area contributed by atoms with Crippen LogP contribution in [0.3, 0.4) is 0 Å². The number of carbonyl (C=O) groups excluding carboxylic acids is 1. The van der Waals surface area contributed by atoms with Crippen molar-refractivity contribution in [2.24, 2.45) is 0 Å². The standard InChI is InChI=1S/C14H12ClN3O2S/c1-8-16-10(7-20-8)3-5-13(19)18-14-17-11-4-2-9(15)6-12(11)21-14/h2,4,6-7H,3,5H2,1H3,(H,17,18,19). The number of nitrogens with one attached hydrogen (secondary N) is 1. The Balaban J connectivity index is 1.63. The molecule has 0 fully saturated rings. The molecule has 0 aliphatic heterocycles. The number of hydrogen-bond donors (Lipinski definition) is 1. The summed E-state index contributed by atoms with van der Waals surface area (Å²) in [6.07, 6.45) is 2.45. The number of nitrogens with zero attached hydrogens (tertiary/aromatic N) is 2. The van der Waals surface area contributed by atoms with Crippen LogP contribution in [0.2, 0.25) is 5.02 Å². The first-order valence-corrected chi connectivity index (χ1v) is 7.56. The maximum atomic E-state index is 11.9. The number of halogens is 1. The predicted octanol–water partition coefficient (Wildman–Crippen LogP) is 3.82. The lowest BCUT2D eigenvalue weighted by molar-refractivity contribution is -0.116. The van der Waals surface area contributed by atoms with Gasteiger partial charge in [-0.25, -0.2) is 9.97 Å². The lowest BCUT2D eigenvalue weighted by atomic mass is 10.2. The van der Waals surface area contributed by atoms with Crippen LogP contribution < -0.4 is 5.32 Å². The number of hydrogen-bond acceptors (Lipinski definition) is 5. The number of anilines is 1. The SMILES string of the molecule is Cc1nc(CCC(=O)Nc2nc3ccc(Cl)cc3s2)co1. The van der Waals surface area contributed by atoms with Crippen LogP contribution >= 0.6 is 22.9 Å². The monoisotopic (exact) mass is 321 g/mol. The Morgan fingerprint density at radius 3 is 3.05 bits per heavy atom. The Morgan fingerprint density at radius 1 is 1.43 bits per heavy atom. The molecule has 5 nitrogen and oxygen atoms in total. The van der Waals surface area contributed by atoms with Crippen LogP contribution in [0.5, 0.6) is 0 Å². The van der Waals surface area contributed by atoms with Crippen molar-refractivity contribution in [3.05, 3.63) is 41.1 Å². The largest absolute Gasteiger partial charge is 0.449 e. The van der Waals surface area contributed by atoms with E-state index in [1.165, 1.54) is 11.3 Å². The molecule has 2 heterocycles. The molecular formula is C14H12ClN3O2S. The Kier molecular flexibility index (Phi) is 3.90. The van der Waals surface area contributed by atoms with Crippen LogP contribution in [0.15, 0.2) is 28.9 Å². The van der Waals surface area contributed by atoms with E-state index < -0.39 is 0 Å². The van der Waals surface area contributed by atoms with E-state index in [0.717, 1.165) is 15.9 Å². The molecule has 0 saturated heterocycles. The summed E-state index contributed by atoms with van der Waals surface area (Å²) < 4.78 is 6.05. The number of fused-ring (bicyclic) bond motifs is 1. The van der Waals surface area contributed by atoms with Gasteiger partial charge in [0.05, 0.1) is 15.9 Å². The quantitative estimate of drug-likeness (QED) is 0.793. The zero-order valence-corrected chi connectivity index (χ0v) is 12.8. The average Bonchev–Trinajstić information content (AvgIpc) is 3.01. The molecule has 3 aromatic rings. The number of benzene rings is 1. The molecule has 0 unspecified atom stereocenters. The molecule has 0 saturated carbocycles. The predicted molar refractivity (Wildman–Crippen MR) is 82.8 cm³/mol. The second-order valence-electron chi connectivity index (χ2n) is 4.54. The third-order valence-corrected chi connectivity index (χ3v) is 4.04. The van der Waals surface area contributed by atoms with Gasteiger partial charge in [-0.2, -0.15) is 0 Å². The van der Waals surface area contributed by atoms with E-state index in [0.29, 0.717) is 28.9 Å². The summed E-state index contributed by atoms with van der Waals surface area (Å²) in [4.78, 5) is 20.4. The highest BCUT2D eigenvalue weighted by Gasteiger charge is 2.09. The van der Waals surface area contributed by atoms with Crippen molar-refractivity contribution in [2.75, 3.05) is 5.32 Å². The highest BCUT2D eigenvalue weighted by molar-refractivity contribution is 7.22. The van der Waals surface area contributed by atoms with E-state index in [1.807, 2.05) is 12.1 Å². The summed E-state index contributed by atoms with van der Waals surface area (Å²) in [5, 5.41) is 4.03. The van der Waals surface area contributed by atoms with Crippen molar-refractivity contribution in [1.29, 1.82) is 0 Å². The van der Waals surface area contributed by atoms with Gasteiger partial charge in [-0.1, -0.05) is 22.9 Å². The normalized spacial score (nSPS) is 11.0. The van der Waals surface area contributed by atoms with Crippen molar-refractivity contribution >= 4 is 44.2 Å². The third-order valence-electron chi connectivity index (χ3n) is 2.87. The topological polar surface area (TPSA) is 68.0 Å². The van der Waals surface area contributed by atoms with Gasteiger partial charge in [0, 0.05) is 24.8 Å². The molecule has 0 atom stereocenters. The summed E-state index contributed by atoms with van der Waals surface area (Å²) in [6, 6.07) is 5.45. The van der Waals surface area contributed by atoms with Gasteiger partial charge in [-0.15, -0.1) is 0 Å². The van der Waals surface area contributed by atoms with Crippen molar-refractivity contribution < 1.29 is 9.21 Å². The Bertz CT molecular complexity index is 796. The molecule has 2 aromatic heterocycles. The van der Waals surface area contributed by atoms with Crippen LogP contribution in [0, 0.1) is 6.92 Å². The highest BCUT2D eigenvalue weighted by Crippen LogP contribution is 2.28. The van der Waals surface area contributed by atoms with Gasteiger partial charge in [-0.05, 0) is 18.2 Å². The van der Waals surface area contributed by atoms with E-state index in [-0.39, 0.29) is 5.91 Å². The summed E-state index contributed by atoms with van der Waals surface area (Å²) in [7, 11) is 0. The molecule has 0 aliphatic carbocycles. The number of amides is 1. The lowest BCUT2D eigenvalue weighted by Crippen LogP contribution is -2.12. The Labute approximate surface area is 130 Å². The van der Waals surface area contributed by atoms with Gasteiger partial charge in [0.15, 0.2) is 11.0 Å². The molecule has 1 N–H and O–H groups in total. The average molecular weight is 322 g/mol. The van der Waals surface area contributed by atoms with Crippen LogP contribution in [-0.2, 0) is 11.2 Å². The van der Waals surface area contributed by atoms with Crippen LogP contribution in [-0.4, -0.2) is 15.9 Å². The fraction of sp³-hybridized carbons (Fsp3) is 0.214. The number of aryl methyl sites for hydroxylation is 2. The molecule has 0 spiro atoms. The molecule has 1 amide bonds. The fourth-order valence-corrected chi connectivity index (χ4v) is 3.06. The molecule has 0 radical (unpaired) electrons. The van der Waals surface area contributed by atoms with Gasteiger partial charge < -0.3 is 9.73 Å².